The highest BCUT2D eigenvalue weighted by Gasteiger charge is 2.46. The van der Waals surface area contributed by atoms with Crippen LogP contribution < -0.4 is 4.90 Å². The van der Waals surface area contributed by atoms with Crippen LogP contribution in [0.1, 0.15) is 22.3 Å². The van der Waals surface area contributed by atoms with Crippen LogP contribution in [0.3, 0.4) is 0 Å². The van der Waals surface area contributed by atoms with E-state index >= 15 is 0 Å². The lowest BCUT2D eigenvalue weighted by molar-refractivity contribution is 0.664. The second kappa shape index (κ2) is 15.1. The molecule has 11 aromatic carbocycles. The Bertz CT molecular complexity index is 4050. The third kappa shape index (κ3) is 5.60. The van der Waals surface area contributed by atoms with Gasteiger partial charge in [0, 0.05) is 50.1 Å². The molecule has 0 saturated carbocycles. The van der Waals surface area contributed by atoms with E-state index in [0.717, 1.165) is 83.2 Å². The average molecular weight is 868 g/mol. The van der Waals surface area contributed by atoms with Crippen LogP contribution in [-0.4, -0.2) is 0 Å². The molecule has 0 spiro atoms. The van der Waals surface area contributed by atoms with E-state index < -0.39 is 5.41 Å². The van der Waals surface area contributed by atoms with E-state index in [4.69, 9.17) is 8.83 Å². The predicted octanol–water partition coefficient (Wildman–Crippen LogP) is 17.8. The van der Waals surface area contributed by atoms with Crippen molar-refractivity contribution in [3.8, 4) is 33.4 Å². The third-order valence-electron chi connectivity index (χ3n) is 14.3. The van der Waals surface area contributed by atoms with Crippen LogP contribution in [0, 0.1) is 0 Å². The van der Waals surface area contributed by atoms with Gasteiger partial charge in [-0.2, -0.15) is 0 Å². The van der Waals surface area contributed by atoms with Gasteiger partial charge in [-0.15, -0.1) is 0 Å². The first kappa shape index (κ1) is 38.4. The molecule has 1 aliphatic carbocycles. The standard InChI is InChI=1S/C65H41NO2/c1-4-19-43(20-5-1)49-28-13-16-33-58(49)66(46-35-37-51-50-29-12-15-32-56(50)65(57(51)39-46,44-23-6-2-7-24-44)45-25-8-3-9-26-45)47-36-38-52-55-41-61-62(54-30-14-17-34-59(54)67-61)63(64(55)68-60(52)40-47)53-31-18-22-42-21-10-11-27-48(42)53/h1-41H. The summed E-state index contributed by atoms with van der Waals surface area (Å²) in [6.45, 7) is 0. The van der Waals surface area contributed by atoms with Gasteiger partial charge in [0.2, 0.25) is 0 Å². The summed E-state index contributed by atoms with van der Waals surface area (Å²) in [7, 11) is 0. The van der Waals surface area contributed by atoms with Gasteiger partial charge in [0.25, 0.3) is 0 Å². The Morgan fingerprint density at radius 3 is 1.75 bits per heavy atom. The molecule has 0 amide bonds. The fourth-order valence-corrected chi connectivity index (χ4v) is 11.5. The lowest BCUT2D eigenvalue weighted by Gasteiger charge is -2.35. The van der Waals surface area contributed by atoms with Crippen LogP contribution in [0.15, 0.2) is 258 Å². The van der Waals surface area contributed by atoms with Crippen molar-refractivity contribution in [2.75, 3.05) is 4.90 Å². The molecule has 2 heterocycles. The van der Waals surface area contributed by atoms with Crippen LogP contribution in [0.25, 0.3) is 88.0 Å². The lowest BCUT2D eigenvalue weighted by Crippen LogP contribution is -2.28. The SMILES string of the molecule is c1ccc(-c2ccccc2N(c2ccc3c(c2)C(c2ccccc2)(c2ccccc2)c2ccccc2-3)c2ccc3c(c2)oc2c(-c4cccc5ccccc45)c4c(cc23)oc2ccccc24)cc1. The van der Waals surface area contributed by atoms with Gasteiger partial charge in [-0.05, 0) is 97.7 Å². The summed E-state index contributed by atoms with van der Waals surface area (Å²) in [4.78, 5) is 2.42. The number of rotatable bonds is 7. The van der Waals surface area contributed by atoms with Crippen molar-refractivity contribution >= 4 is 71.7 Å². The number of fused-ring (bicyclic) bond motifs is 10. The van der Waals surface area contributed by atoms with E-state index in [1.165, 1.54) is 44.2 Å². The molecule has 3 heteroatoms. The number of para-hydroxylation sites is 2. The largest absolute Gasteiger partial charge is 0.456 e. The summed E-state index contributed by atoms with van der Waals surface area (Å²) in [6.07, 6.45) is 0. The number of hydrogen-bond acceptors (Lipinski definition) is 3. The van der Waals surface area contributed by atoms with Crippen molar-refractivity contribution in [1.82, 2.24) is 0 Å². The van der Waals surface area contributed by atoms with Crippen LogP contribution in [-0.2, 0) is 5.41 Å². The molecule has 1 aliphatic rings. The number of nitrogens with zero attached hydrogens (tertiary/aromatic N) is 1. The first-order valence-corrected chi connectivity index (χ1v) is 23.3. The minimum Gasteiger partial charge on any atom is -0.456 e. The maximum Gasteiger partial charge on any atom is 0.144 e. The molecule has 68 heavy (non-hydrogen) atoms. The van der Waals surface area contributed by atoms with E-state index in [9.17, 15) is 0 Å². The molecular formula is C65H41NO2. The van der Waals surface area contributed by atoms with Gasteiger partial charge in [0.1, 0.15) is 22.3 Å². The van der Waals surface area contributed by atoms with E-state index in [1.807, 2.05) is 6.07 Å². The Labute approximate surface area is 393 Å². The Morgan fingerprint density at radius 1 is 0.338 bits per heavy atom. The molecule has 3 nitrogen and oxygen atoms in total. The zero-order valence-electron chi connectivity index (χ0n) is 36.9. The predicted molar refractivity (Wildman–Crippen MR) is 281 cm³/mol. The van der Waals surface area contributed by atoms with Crippen molar-refractivity contribution in [1.29, 1.82) is 0 Å². The minimum atomic E-state index is -0.559. The summed E-state index contributed by atoms with van der Waals surface area (Å²) >= 11 is 0. The van der Waals surface area contributed by atoms with Crippen molar-refractivity contribution in [3.05, 3.63) is 271 Å². The van der Waals surface area contributed by atoms with Crippen molar-refractivity contribution in [3.63, 3.8) is 0 Å². The quantitative estimate of drug-likeness (QED) is 0.160. The summed E-state index contributed by atoms with van der Waals surface area (Å²) in [5.74, 6) is 0. The minimum absolute atomic E-state index is 0.559. The molecule has 0 saturated heterocycles. The van der Waals surface area contributed by atoms with Gasteiger partial charge in [-0.3, -0.25) is 0 Å². The summed E-state index contributed by atoms with van der Waals surface area (Å²) in [5, 5.41) is 6.51. The van der Waals surface area contributed by atoms with Gasteiger partial charge in [0.05, 0.1) is 11.1 Å². The number of hydrogen-bond donors (Lipinski definition) is 0. The smallest absolute Gasteiger partial charge is 0.144 e. The fourth-order valence-electron chi connectivity index (χ4n) is 11.5. The Morgan fingerprint density at radius 2 is 0.941 bits per heavy atom. The molecule has 0 atom stereocenters. The normalized spacial score (nSPS) is 12.8. The van der Waals surface area contributed by atoms with E-state index in [2.05, 4.69) is 248 Å². The maximum atomic E-state index is 7.29. The van der Waals surface area contributed by atoms with Gasteiger partial charge < -0.3 is 13.7 Å². The zero-order chi connectivity index (χ0) is 44.8. The van der Waals surface area contributed by atoms with E-state index in [1.54, 1.807) is 0 Å². The molecule has 0 radical (unpaired) electrons. The summed E-state index contributed by atoms with van der Waals surface area (Å²) in [6, 6.07) is 89.9. The molecule has 0 bridgehead atoms. The second-order valence-corrected chi connectivity index (χ2v) is 17.9. The molecule has 0 fully saturated rings. The zero-order valence-corrected chi connectivity index (χ0v) is 36.9. The Kier molecular flexibility index (Phi) is 8.50. The van der Waals surface area contributed by atoms with Crippen molar-refractivity contribution in [2.45, 2.75) is 5.41 Å². The van der Waals surface area contributed by atoms with Crippen LogP contribution >= 0.6 is 0 Å². The van der Waals surface area contributed by atoms with Crippen molar-refractivity contribution < 1.29 is 8.83 Å². The number of anilines is 3. The Balaban J connectivity index is 1.05. The van der Waals surface area contributed by atoms with E-state index in [0.29, 0.717) is 0 Å². The Hall–Kier alpha value is -8.92. The summed E-state index contributed by atoms with van der Waals surface area (Å²) in [5.41, 5.74) is 17.8. The van der Waals surface area contributed by atoms with Crippen molar-refractivity contribution in [2.24, 2.45) is 0 Å². The molecule has 2 aromatic heterocycles. The molecule has 14 rings (SSSR count). The highest BCUT2D eigenvalue weighted by Crippen LogP contribution is 2.58. The second-order valence-electron chi connectivity index (χ2n) is 17.9. The highest BCUT2D eigenvalue weighted by atomic mass is 16.3. The third-order valence-corrected chi connectivity index (χ3v) is 14.3. The molecule has 13 aromatic rings. The lowest BCUT2D eigenvalue weighted by atomic mass is 9.67. The first-order chi connectivity index (χ1) is 33.7. The van der Waals surface area contributed by atoms with Crippen LogP contribution in [0.5, 0.6) is 0 Å². The van der Waals surface area contributed by atoms with Gasteiger partial charge in [0.15, 0.2) is 0 Å². The molecule has 0 unspecified atom stereocenters. The monoisotopic (exact) mass is 867 g/mol. The van der Waals surface area contributed by atoms with Gasteiger partial charge in [-0.1, -0.05) is 200 Å². The maximum absolute atomic E-state index is 7.29. The van der Waals surface area contributed by atoms with E-state index in [-0.39, 0.29) is 0 Å². The number of furan rings is 2. The van der Waals surface area contributed by atoms with Crippen LogP contribution in [0.2, 0.25) is 0 Å². The van der Waals surface area contributed by atoms with Crippen LogP contribution in [0.4, 0.5) is 17.1 Å². The molecular weight excluding hydrogens is 827 g/mol. The van der Waals surface area contributed by atoms with Gasteiger partial charge in [-0.25, -0.2) is 0 Å². The average Bonchev–Trinajstić information content (AvgIpc) is 4.06. The van der Waals surface area contributed by atoms with Gasteiger partial charge >= 0.3 is 0 Å². The topological polar surface area (TPSA) is 29.5 Å². The number of benzene rings is 11. The molecule has 0 N–H and O–H groups in total. The first-order valence-electron chi connectivity index (χ1n) is 23.3. The highest BCUT2D eigenvalue weighted by molar-refractivity contribution is 6.25. The molecule has 318 valence electrons. The molecule has 0 aliphatic heterocycles. The fraction of sp³-hybridized carbons (Fsp3) is 0.0154. The summed E-state index contributed by atoms with van der Waals surface area (Å²) < 4.78 is 14.0.